The van der Waals surface area contributed by atoms with Gasteiger partial charge in [-0.1, -0.05) is 46.6 Å². The molecule has 0 spiro atoms. The van der Waals surface area contributed by atoms with Crippen LogP contribution in [0.25, 0.3) is 0 Å². The minimum Gasteiger partial charge on any atom is -0.477 e. The summed E-state index contributed by atoms with van der Waals surface area (Å²) in [5.41, 5.74) is 1.36. The number of amides is 2. The maximum absolute atomic E-state index is 12.7. The van der Waals surface area contributed by atoms with Crippen molar-refractivity contribution < 1.29 is 19.5 Å². The zero-order chi connectivity index (χ0) is 21.3. The average molecular weight is 483 g/mol. The molecule has 30 heavy (non-hydrogen) atoms. The number of rotatable bonds is 7. The molecule has 0 aliphatic carbocycles. The van der Waals surface area contributed by atoms with Crippen molar-refractivity contribution in [1.29, 1.82) is 0 Å². The first kappa shape index (κ1) is 21.2. The Morgan fingerprint density at radius 2 is 2.10 bits per heavy atom. The van der Waals surface area contributed by atoms with Gasteiger partial charge in [-0.3, -0.25) is 14.5 Å². The van der Waals surface area contributed by atoms with Crippen LogP contribution in [0.5, 0.6) is 0 Å². The number of carbonyl (C=O) groups is 3. The number of fused-ring (bicyclic) bond motifs is 1. The van der Waals surface area contributed by atoms with E-state index in [0.717, 1.165) is 17.1 Å². The predicted octanol–water partition coefficient (Wildman–Crippen LogP) is 2.31. The van der Waals surface area contributed by atoms with Crippen LogP contribution in [0.15, 0.2) is 45.1 Å². The van der Waals surface area contributed by atoms with Gasteiger partial charge in [-0.05, 0) is 17.1 Å². The fourth-order valence-electron chi connectivity index (χ4n) is 3.15. The smallest absolute Gasteiger partial charge is 0.353 e. The maximum atomic E-state index is 12.7. The molecule has 2 aliphatic heterocycles. The zero-order valence-corrected chi connectivity index (χ0v) is 18.5. The predicted molar refractivity (Wildman–Crippen MR) is 115 cm³/mol. The van der Waals surface area contributed by atoms with Gasteiger partial charge >= 0.3 is 5.97 Å². The summed E-state index contributed by atoms with van der Waals surface area (Å²) in [4.78, 5) is 38.8. The number of β-lactam (4-membered cyclic amide) rings is 1. The third-order valence-electron chi connectivity index (χ3n) is 4.52. The van der Waals surface area contributed by atoms with E-state index in [0.29, 0.717) is 20.6 Å². The summed E-state index contributed by atoms with van der Waals surface area (Å²) < 4.78 is 4.56. The summed E-state index contributed by atoms with van der Waals surface area (Å²) in [5.74, 6) is -1.32. The maximum Gasteiger partial charge on any atom is 0.353 e. The van der Waals surface area contributed by atoms with Gasteiger partial charge in [-0.15, -0.1) is 28.5 Å². The van der Waals surface area contributed by atoms with Crippen molar-refractivity contribution in [3.05, 3.63) is 52.2 Å². The molecular formula is C18H15ClN4O4S3. The second kappa shape index (κ2) is 8.96. The molecule has 2 aromatic rings. The van der Waals surface area contributed by atoms with Crippen LogP contribution in [0.4, 0.5) is 0 Å². The van der Waals surface area contributed by atoms with E-state index in [2.05, 4.69) is 14.9 Å². The summed E-state index contributed by atoms with van der Waals surface area (Å²) >= 11 is 9.62. The normalized spacial score (nSPS) is 20.6. The fourth-order valence-corrected chi connectivity index (χ4v) is 6.85. The lowest BCUT2D eigenvalue weighted by Gasteiger charge is -2.49. The molecule has 12 heteroatoms. The highest BCUT2D eigenvalue weighted by atomic mass is 35.5. The Bertz CT molecular complexity index is 1030. The number of hydrogen-bond acceptors (Lipinski definition) is 8. The molecule has 2 atom stereocenters. The van der Waals surface area contributed by atoms with Gasteiger partial charge in [0.15, 0.2) is 0 Å². The molecule has 2 aliphatic rings. The first-order valence-electron chi connectivity index (χ1n) is 8.79. The molecule has 8 nitrogen and oxygen atoms in total. The molecule has 0 saturated carbocycles. The van der Waals surface area contributed by atoms with Crippen molar-refractivity contribution in [3.63, 3.8) is 0 Å². The van der Waals surface area contributed by atoms with Gasteiger partial charge in [0.25, 0.3) is 5.91 Å². The number of alkyl halides is 1. The van der Waals surface area contributed by atoms with Crippen LogP contribution in [-0.2, 0) is 26.7 Å². The first-order valence-corrected chi connectivity index (χ1v) is 12.0. The monoisotopic (exact) mass is 482 g/mol. The highest BCUT2D eigenvalue weighted by molar-refractivity contribution is 8.07. The number of aromatic nitrogens is 2. The number of halogens is 1. The van der Waals surface area contributed by atoms with E-state index in [-0.39, 0.29) is 23.9 Å². The van der Waals surface area contributed by atoms with Gasteiger partial charge in [0.05, 0.1) is 12.3 Å². The fraction of sp³-hybridized carbons (Fsp3) is 0.278. The molecule has 1 aromatic heterocycles. The highest BCUT2D eigenvalue weighted by Crippen LogP contribution is 2.46. The van der Waals surface area contributed by atoms with Crippen LogP contribution in [0.3, 0.4) is 0 Å². The number of nitrogens with zero attached hydrogens (tertiary/aromatic N) is 3. The van der Waals surface area contributed by atoms with Crippen molar-refractivity contribution in [3.8, 4) is 0 Å². The molecule has 0 unspecified atom stereocenters. The Kier molecular flexibility index (Phi) is 6.32. The second-order valence-corrected chi connectivity index (χ2v) is 9.93. The number of carboxylic acids is 1. The summed E-state index contributed by atoms with van der Waals surface area (Å²) in [7, 11) is 0. The molecule has 2 N–H and O–H groups in total. The van der Waals surface area contributed by atoms with Crippen LogP contribution in [0.2, 0.25) is 0 Å². The van der Waals surface area contributed by atoms with Crippen molar-refractivity contribution in [1.82, 2.24) is 19.8 Å². The molecule has 1 fully saturated rings. The zero-order valence-electron chi connectivity index (χ0n) is 15.3. The van der Waals surface area contributed by atoms with Crippen LogP contribution >= 0.6 is 46.7 Å². The quantitative estimate of drug-likeness (QED) is 0.456. The van der Waals surface area contributed by atoms with E-state index in [9.17, 15) is 19.5 Å². The number of nitrogens with one attached hydrogen (secondary N) is 1. The molecule has 1 saturated heterocycles. The van der Waals surface area contributed by atoms with Crippen LogP contribution < -0.4 is 5.32 Å². The Balaban J connectivity index is 1.49. The molecule has 4 rings (SSSR count). The highest BCUT2D eigenvalue weighted by Gasteiger charge is 2.54. The minimum atomic E-state index is -1.19. The van der Waals surface area contributed by atoms with Crippen molar-refractivity contribution >= 4 is 64.4 Å². The summed E-state index contributed by atoms with van der Waals surface area (Å²) in [6.07, 6.45) is 0.157. The largest absolute Gasteiger partial charge is 0.477 e. The molecule has 2 amide bonds. The topological polar surface area (TPSA) is 112 Å². The van der Waals surface area contributed by atoms with E-state index in [4.69, 9.17) is 11.6 Å². The molecule has 0 bridgehead atoms. The first-order chi connectivity index (χ1) is 14.5. The third kappa shape index (κ3) is 4.07. The Morgan fingerprint density at radius 1 is 1.33 bits per heavy atom. The number of carboxylic acid groups (broad SMARTS) is 1. The van der Waals surface area contributed by atoms with E-state index < -0.39 is 23.3 Å². The number of carbonyl (C=O) groups excluding carboxylic acids is 2. The van der Waals surface area contributed by atoms with Crippen LogP contribution in [-0.4, -0.2) is 54.5 Å². The van der Waals surface area contributed by atoms with E-state index >= 15 is 0 Å². The van der Waals surface area contributed by atoms with Crippen LogP contribution in [0, 0.1) is 0 Å². The summed E-state index contributed by atoms with van der Waals surface area (Å²) in [6, 6.07) is 8.47. The Morgan fingerprint density at radius 3 is 2.80 bits per heavy atom. The molecule has 156 valence electrons. The lowest BCUT2D eigenvalue weighted by atomic mass is 10.0. The average Bonchev–Trinajstić information content (AvgIpc) is 3.19. The number of benzene rings is 1. The molecule has 3 heterocycles. The summed E-state index contributed by atoms with van der Waals surface area (Å²) in [5, 5.41) is 16.0. The SMILES string of the molecule is O=C(Cc1ccccc1)N[C@@H]1C(=O)N2C(C(=O)O)=C(Sc3snnc3CCl)CS[C@@H]12. The Hall–Kier alpha value is -2.08. The van der Waals surface area contributed by atoms with Gasteiger partial charge in [0.2, 0.25) is 5.91 Å². The van der Waals surface area contributed by atoms with Gasteiger partial charge < -0.3 is 10.4 Å². The third-order valence-corrected chi connectivity index (χ3v) is 8.28. The minimum absolute atomic E-state index is 0.0590. The lowest BCUT2D eigenvalue weighted by Crippen LogP contribution is -2.70. The molecular weight excluding hydrogens is 468 g/mol. The van der Waals surface area contributed by atoms with Crippen molar-refractivity contribution in [2.45, 2.75) is 27.9 Å². The van der Waals surface area contributed by atoms with Crippen LogP contribution in [0.1, 0.15) is 11.3 Å². The van der Waals surface area contributed by atoms with E-state index in [1.165, 1.54) is 28.4 Å². The van der Waals surface area contributed by atoms with Gasteiger partial charge in [0.1, 0.15) is 27.0 Å². The number of aliphatic carboxylic acids is 1. The Labute approximate surface area is 189 Å². The summed E-state index contributed by atoms with van der Waals surface area (Å²) in [6.45, 7) is 0. The van der Waals surface area contributed by atoms with E-state index in [1.54, 1.807) is 0 Å². The number of hydrogen-bond donors (Lipinski definition) is 2. The van der Waals surface area contributed by atoms with Gasteiger partial charge in [-0.2, -0.15) is 0 Å². The van der Waals surface area contributed by atoms with Gasteiger partial charge in [0, 0.05) is 10.7 Å². The van der Waals surface area contributed by atoms with E-state index in [1.807, 2.05) is 30.3 Å². The van der Waals surface area contributed by atoms with Crippen molar-refractivity contribution in [2.75, 3.05) is 5.75 Å². The molecule has 0 radical (unpaired) electrons. The van der Waals surface area contributed by atoms with Gasteiger partial charge in [-0.25, -0.2) is 4.79 Å². The lowest BCUT2D eigenvalue weighted by molar-refractivity contribution is -0.150. The standard InChI is InChI=1S/C18H15ClN4O4S3/c19-7-10-18(30-22-21-10)29-11-8-28-16-13(15(25)23(16)14(11)17(26)27)20-12(24)6-9-4-2-1-3-5-9/h1-5,13,16H,6-8H2,(H,20,24)(H,26,27)/t13-,16+/m1/s1. The van der Waals surface area contributed by atoms with Crippen molar-refractivity contribution in [2.24, 2.45) is 0 Å². The molecule has 1 aromatic carbocycles. The number of thioether (sulfide) groups is 2. The second-order valence-electron chi connectivity index (χ2n) is 6.44.